The highest BCUT2D eigenvalue weighted by Crippen LogP contribution is 2.05. The fourth-order valence-electron chi connectivity index (χ4n) is 0.724. The maximum atomic E-state index is 10.3. The summed E-state index contributed by atoms with van der Waals surface area (Å²) < 4.78 is 30.9. The van der Waals surface area contributed by atoms with Gasteiger partial charge in [0.2, 0.25) is 0 Å². The molecule has 6 heteroatoms. The summed E-state index contributed by atoms with van der Waals surface area (Å²) in [6.45, 7) is 1.79. The average molecular weight is 188 g/mol. The molecular weight excluding hydrogens is 180 g/mol. The van der Waals surface area contributed by atoms with Crippen molar-refractivity contribution in [2.75, 3.05) is 4.72 Å². The average Bonchev–Trinajstić information content (AvgIpc) is 1.82. The highest BCUT2D eigenvalue weighted by Gasteiger charge is 2.03. The molecule has 1 rings (SSSR count). The van der Waals surface area contributed by atoms with E-state index in [2.05, 4.69) is 4.98 Å². The van der Waals surface area contributed by atoms with E-state index in [9.17, 15) is 8.42 Å². The Labute approximate surface area is 70.3 Å². The molecule has 0 aliphatic heterocycles. The summed E-state index contributed by atoms with van der Waals surface area (Å²) in [5, 5.41) is 0. The summed E-state index contributed by atoms with van der Waals surface area (Å²) >= 11 is 0. The third-order valence-electron chi connectivity index (χ3n) is 1.15. The molecule has 0 saturated heterocycles. The lowest BCUT2D eigenvalue weighted by Gasteiger charge is -2.00. The Balaban J connectivity index is 2.91. The van der Waals surface area contributed by atoms with Crippen LogP contribution in [0.4, 0.5) is 5.82 Å². The van der Waals surface area contributed by atoms with E-state index < -0.39 is 10.3 Å². The number of pyridine rings is 1. The lowest BCUT2D eigenvalue weighted by atomic mass is 10.3. The van der Waals surface area contributed by atoms with Gasteiger partial charge in [0, 0.05) is 6.20 Å². The maximum Gasteiger partial charge on any atom is 0.358 e. The summed E-state index contributed by atoms with van der Waals surface area (Å²) in [5.41, 5.74) is 0.858. The fourth-order valence-corrected chi connectivity index (χ4v) is 1.10. The van der Waals surface area contributed by atoms with Gasteiger partial charge in [0.25, 0.3) is 0 Å². The molecule has 1 aromatic rings. The molecule has 0 aliphatic rings. The minimum atomic E-state index is -4.21. The second kappa shape index (κ2) is 3.08. The molecule has 5 nitrogen and oxygen atoms in total. The molecule has 0 fully saturated rings. The molecule has 0 aromatic carbocycles. The van der Waals surface area contributed by atoms with Gasteiger partial charge < -0.3 is 0 Å². The summed E-state index contributed by atoms with van der Waals surface area (Å²) in [5.74, 6) is 0.109. The van der Waals surface area contributed by atoms with Crippen molar-refractivity contribution >= 4 is 16.1 Å². The van der Waals surface area contributed by atoms with Crippen molar-refractivity contribution in [1.29, 1.82) is 0 Å². The van der Waals surface area contributed by atoms with Crippen LogP contribution < -0.4 is 4.72 Å². The second-order valence-electron chi connectivity index (χ2n) is 2.30. The normalized spacial score (nSPS) is 11.2. The molecule has 0 saturated carbocycles. The summed E-state index contributed by atoms with van der Waals surface area (Å²) in [7, 11) is -4.21. The lowest BCUT2D eigenvalue weighted by molar-refractivity contribution is 0.489. The smallest absolute Gasteiger partial charge is 0.269 e. The Morgan fingerprint density at radius 2 is 2.25 bits per heavy atom. The zero-order chi connectivity index (χ0) is 9.19. The number of hydrogen-bond donors (Lipinski definition) is 2. The molecule has 0 bridgehead atoms. The number of nitrogens with one attached hydrogen (secondary N) is 1. The Morgan fingerprint density at radius 1 is 1.58 bits per heavy atom. The molecule has 66 valence electrons. The quantitative estimate of drug-likeness (QED) is 0.666. The molecule has 12 heavy (non-hydrogen) atoms. The van der Waals surface area contributed by atoms with Crippen LogP contribution >= 0.6 is 0 Å². The minimum Gasteiger partial charge on any atom is -0.269 e. The molecule has 0 atom stereocenters. The molecule has 1 heterocycles. The minimum absolute atomic E-state index is 0.109. The molecule has 0 amide bonds. The second-order valence-corrected chi connectivity index (χ2v) is 3.45. The van der Waals surface area contributed by atoms with Crippen molar-refractivity contribution < 1.29 is 13.0 Å². The van der Waals surface area contributed by atoms with Crippen LogP contribution in [0.2, 0.25) is 0 Å². The van der Waals surface area contributed by atoms with Crippen LogP contribution in [0, 0.1) is 6.92 Å². The van der Waals surface area contributed by atoms with Crippen molar-refractivity contribution in [2.45, 2.75) is 6.92 Å². The van der Waals surface area contributed by atoms with Crippen molar-refractivity contribution in [3.63, 3.8) is 0 Å². The Kier molecular flexibility index (Phi) is 2.30. The molecule has 1 aromatic heterocycles. The first-order valence-corrected chi connectivity index (χ1v) is 4.59. The van der Waals surface area contributed by atoms with Gasteiger partial charge in [0.15, 0.2) is 0 Å². The van der Waals surface area contributed by atoms with Gasteiger partial charge in [-0.15, -0.1) is 0 Å². The number of aromatic nitrogens is 1. The van der Waals surface area contributed by atoms with Crippen LogP contribution in [0.25, 0.3) is 0 Å². The zero-order valence-electron chi connectivity index (χ0n) is 6.35. The van der Waals surface area contributed by atoms with Crippen molar-refractivity contribution in [1.82, 2.24) is 4.98 Å². The SMILES string of the molecule is Cc1ccnc(NS(=O)(=O)O)c1. The predicted octanol–water partition coefficient (Wildman–Crippen LogP) is 0.605. The van der Waals surface area contributed by atoms with Gasteiger partial charge in [-0.2, -0.15) is 8.42 Å². The van der Waals surface area contributed by atoms with Crippen molar-refractivity contribution in [2.24, 2.45) is 0 Å². The summed E-state index contributed by atoms with van der Waals surface area (Å²) in [6.07, 6.45) is 1.45. The number of hydrogen-bond acceptors (Lipinski definition) is 3. The first-order chi connectivity index (χ1) is 5.47. The van der Waals surface area contributed by atoms with E-state index in [0.29, 0.717) is 0 Å². The number of aryl methyl sites for hydroxylation is 1. The molecule has 2 N–H and O–H groups in total. The van der Waals surface area contributed by atoms with Gasteiger partial charge >= 0.3 is 10.3 Å². The van der Waals surface area contributed by atoms with Gasteiger partial charge in [-0.1, -0.05) is 0 Å². The van der Waals surface area contributed by atoms with Crippen LogP contribution in [-0.4, -0.2) is 18.0 Å². The molecule has 0 spiro atoms. The van der Waals surface area contributed by atoms with Crippen molar-refractivity contribution in [3.05, 3.63) is 23.9 Å². The zero-order valence-corrected chi connectivity index (χ0v) is 7.17. The third kappa shape index (κ3) is 2.85. The predicted molar refractivity (Wildman–Crippen MR) is 44.1 cm³/mol. The van der Waals surface area contributed by atoms with E-state index in [-0.39, 0.29) is 5.82 Å². The molecule has 0 aliphatic carbocycles. The monoisotopic (exact) mass is 188 g/mol. The Morgan fingerprint density at radius 3 is 2.75 bits per heavy atom. The molecule has 0 unspecified atom stereocenters. The number of nitrogens with zero attached hydrogens (tertiary/aromatic N) is 1. The van der Waals surface area contributed by atoms with Gasteiger partial charge in [-0.05, 0) is 24.6 Å². The number of anilines is 1. The van der Waals surface area contributed by atoms with Gasteiger partial charge in [0.1, 0.15) is 5.82 Å². The molecular formula is C6H8N2O3S. The topological polar surface area (TPSA) is 79.3 Å². The van der Waals surface area contributed by atoms with Crippen LogP contribution in [0.15, 0.2) is 18.3 Å². The van der Waals surface area contributed by atoms with E-state index in [4.69, 9.17) is 4.55 Å². The van der Waals surface area contributed by atoms with Crippen molar-refractivity contribution in [3.8, 4) is 0 Å². The largest absolute Gasteiger partial charge is 0.358 e. The third-order valence-corrected chi connectivity index (χ3v) is 1.62. The summed E-state index contributed by atoms with van der Waals surface area (Å²) in [4.78, 5) is 3.67. The summed E-state index contributed by atoms with van der Waals surface area (Å²) in [6, 6.07) is 3.23. The Bertz CT molecular complexity index is 374. The van der Waals surface area contributed by atoms with Crippen LogP contribution in [0.5, 0.6) is 0 Å². The molecule has 0 radical (unpaired) electrons. The Hall–Kier alpha value is -1.14. The van der Waals surface area contributed by atoms with E-state index in [0.717, 1.165) is 5.56 Å². The highest BCUT2D eigenvalue weighted by atomic mass is 32.2. The van der Waals surface area contributed by atoms with E-state index in [1.54, 1.807) is 13.0 Å². The van der Waals surface area contributed by atoms with E-state index in [1.165, 1.54) is 12.3 Å². The van der Waals surface area contributed by atoms with Gasteiger partial charge in [-0.3, -0.25) is 4.55 Å². The van der Waals surface area contributed by atoms with Gasteiger partial charge in [-0.25, -0.2) is 9.71 Å². The first-order valence-electron chi connectivity index (χ1n) is 3.15. The first kappa shape index (κ1) is 8.95. The standard InChI is InChI=1S/C6H8N2O3S/c1-5-2-3-7-6(4-5)8-12(9,10)11/h2-4H,1H3,(H,7,8)(H,9,10,11). The fraction of sp³-hybridized carbons (Fsp3) is 0.167. The maximum absolute atomic E-state index is 10.3. The van der Waals surface area contributed by atoms with E-state index in [1.807, 2.05) is 4.72 Å². The van der Waals surface area contributed by atoms with E-state index >= 15 is 0 Å². The van der Waals surface area contributed by atoms with Crippen LogP contribution in [0.1, 0.15) is 5.56 Å². The number of rotatable bonds is 2. The van der Waals surface area contributed by atoms with Crippen LogP contribution in [-0.2, 0) is 10.3 Å². The lowest BCUT2D eigenvalue weighted by Crippen LogP contribution is -2.11. The van der Waals surface area contributed by atoms with Crippen LogP contribution in [0.3, 0.4) is 0 Å². The highest BCUT2D eigenvalue weighted by molar-refractivity contribution is 7.87. The van der Waals surface area contributed by atoms with Gasteiger partial charge in [0.05, 0.1) is 0 Å².